The molecule has 0 saturated carbocycles. The predicted octanol–water partition coefficient (Wildman–Crippen LogP) is 5.72. The fourth-order valence-corrected chi connectivity index (χ4v) is 4.32. The fraction of sp³-hybridized carbons (Fsp3) is 0.160. The van der Waals surface area contributed by atoms with E-state index < -0.39 is 46.7 Å². The quantitative estimate of drug-likeness (QED) is 0.346. The number of nitrogens with zero attached hydrogens (tertiary/aromatic N) is 1. The van der Waals surface area contributed by atoms with Gasteiger partial charge in [-0.3, -0.25) is 19.3 Å². The number of carbonyl (C=O) groups excluding carboxylic acids is 3. The predicted molar refractivity (Wildman–Crippen MR) is 127 cm³/mol. The molecule has 0 aromatic heterocycles. The lowest BCUT2D eigenvalue weighted by Crippen LogP contribution is -2.36. The van der Waals surface area contributed by atoms with Gasteiger partial charge in [0.05, 0.1) is 16.7 Å². The van der Waals surface area contributed by atoms with Crippen molar-refractivity contribution in [2.45, 2.75) is 20.0 Å². The van der Waals surface area contributed by atoms with Crippen LogP contribution in [0, 0.1) is 17.5 Å². The Morgan fingerprint density at radius 1 is 1.06 bits per heavy atom. The number of hydrogen-bond donors (Lipinski definition) is 1. The summed E-state index contributed by atoms with van der Waals surface area (Å²) < 4.78 is 46.3. The summed E-state index contributed by atoms with van der Waals surface area (Å²) in [6.45, 7) is 2.99. The van der Waals surface area contributed by atoms with Crippen LogP contribution >= 0.6 is 11.8 Å². The number of rotatable bonds is 6. The number of carbonyl (C=O) groups is 3. The summed E-state index contributed by atoms with van der Waals surface area (Å²) in [5, 5.41) is 3.06. The molecular formula is C25H19F3N2O4S. The van der Waals surface area contributed by atoms with Crippen LogP contribution in [-0.4, -0.2) is 34.6 Å². The van der Waals surface area contributed by atoms with Gasteiger partial charge in [-0.15, -0.1) is 0 Å². The lowest BCUT2D eigenvalue weighted by molar-refractivity contribution is -0.127. The number of amides is 3. The molecule has 0 spiro atoms. The van der Waals surface area contributed by atoms with E-state index in [1.54, 1.807) is 6.07 Å². The first-order valence-corrected chi connectivity index (χ1v) is 11.3. The van der Waals surface area contributed by atoms with Crippen molar-refractivity contribution in [1.82, 2.24) is 4.90 Å². The molecule has 1 N–H and O–H groups in total. The van der Waals surface area contributed by atoms with E-state index in [-0.39, 0.29) is 11.0 Å². The molecule has 10 heteroatoms. The van der Waals surface area contributed by atoms with Gasteiger partial charge in [0.15, 0.2) is 17.5 Å². The van der Waals surface area contributed by atoms with Crippen molar-refractivity contribution in [2.75, 3.05) is 11.9 Å². The van der Waals surface area contributed by atoms with Crippen LogP contribution in [0.1, 0.15) is 19.4 Å². The highest BCUT2D eigenvalue weighted by Gasteiger charge is 2.36. The molecule has 4 rings (SSSR count). The van der Waals surface area contributed by atoms with Crippen LogP contribution < -0.4 is 10.1 Å². The number of thioether (sulfide) groups is 1. The van der Waals surface area contributed by atoms with Gasteiger partial charge >= 0.3 is 0 Å². The topological polar surface area (TPSA) is 75.7 Å². The number of hydrogen-bond acceptors (Lipinski definition) is 5. The number of fused-ring (bicyclic) bond motifs is 1. The second kappa shape index (κ2) is 9.83. The number of imide groups is 1. The molecule has 1 heterocycles. The molecule has 3 aromatic carbocycles. The third kappa shape index (κ3) is 5.02. The lowest BCUT2D eigenvalue weighted by Gasteiger charge is -2.15. The summed E-state index contributed by atoms with van der Waals surface area (Å²) >= 11 is 0.648. The molecule has 1 saturated heterocycles. The number of ether oxygens (including phenoxy) is 1. The highest BCUT2D eigenvalue weighted by atomic mass is 32.2. The summed E-state index contributed by atoms with van der Waals surface area (Å²) in [7, 11) is 0. The molecule has 0 atom stereocenters. The fourth-order valence-electron chi connectivity index (χ4n) is 3.50. The maximum Gasteiger partial charge on any atom is 0.294 e. The van der Waals surface area contributed by atoms with Gasteiger partial charge in [0, 0.05) is 5.56 Å². The minimum Gasteiger partial charge on any atom is -0.490 e. The van der Waals surface area contributed by atoms with E-state index in [1.165, 1.54) is 6.08 Å². The Morgan fingerprint density at radius 3 is 2.54 bits per heavy atom. The monoisotopic (exact) mass is 500 g/mol. The van der Waals surface area contributed by atoms with Crippen LogP contribution in [0.5, 0.6) is 5.75 Å². The van der Waals surface area contributed by atoms with Gasteiger partial charge in [0.1, 0.15) is 12.3 Å². The number of anilines is 1. The van der Waals surface area contributed by atoms with Crippen molar-refractivity contribution in [1.29, 1.82) is 0 Å². The van der Waals surface area contributed by atoms with Crippen molar-refractivity contribution in [3.8, 4) is 5.75 Å². The van der Waals surface area contributed by atoms with Crippen LogP contribution in [0.2, 0.25) is 0 Å². The van der Waals surface area contributed by atoms with Crippen molar-refractivity contribution < 1.29 is 32.3 Å². The van der Waals surface area contributed by atoms with Crippen molar-refractivity contribution >= 4 is 51.4 Å². The molecule has 0 bridgehead atoms. The Labute approximate surface area is 202 Å². The zero-order chi connectivity index (χ0) is 25.3. The van der Waals surface area contributed by atoms with Crippen LogP contribution in [0.4, 0.5) is 23.7 Å². The molecule has 3 amide bonds. The molecule has 180 valence electrons. The minimum absolute atomic E-state index is 0.0757. The van der Waals surface area contributed by atoms with E-state index in [2.05, 4.69) is 5.32 Å². The Bertz CT molecular complexity index is 1390. The van der Waals surface area contributed by atoms with Crippen LogP contribution in [0.3, 0.4) is 0 Å². The van der Waals surface area contributed by atoms with Gasteiger partial charge in [-0.05, 0) is 60.7 Å². The summed E-state index contributed by atoms with van der Waals surface area (Å²) in [5.74, 6) is -5.88. The maximum absolute atomic E-state index is 13.8. The van der Waals surface area contributed by atoms with Gasteiger partial charge < -0.3 is 10.1 Å². The zero-order valence-electron chi connectivity index (χ0n) is 18.6. The van der Waals surface area contributed by atoms with E-state index in [1.807, 2.05) is 44.2 Å². The van der Waals surface area contributed by atoms with E-state index in [0.717, 1.165) is 16.8 Å². The molecule has 0 aliphatic carbocycles. The first-order valence-electron chi connectivity index (χ1n) is 10.5. The van der Waals surface area contributed by atoms with Gasteiger partial charge in [-0.1, -0.05) is 30.3 Å². The Balaban J connectivity index is 1.60. The molecule has 1 aliphatic heterocycles. The molecule has 0 unspecified atom stereocenters. The largest absolute Gasteiger partial charge is 0.490 e. The number of nitrogens with one attached hydrogen (secondary N) is 1. The SMILES string of the molecule is CC(C)Oc1ccc2ccccc2c1/C=C1/SC(=O)N(CC(=O)Nc2ccc(F)c(F)c2F)C1=O. The molecule has 0 radical (unpaired) electrons. The molecule has 3 aromatic rings. The first-order chi connectivity index (χ1) is 16.7. The normalized spacial score (nSPS) is 14.9. The van der Waals surface area contributed by atoms with Crippen molar-refractivity contribution in [3.05, 3.63) is 76.5 Å². The summed E-state index contributed by atoms with van der Waals surface area (Å²) in [6, 6.07) is 12.6. The highest BCUT2D eigenvalue weighted by Crippen LogP contribution is 2.37. The third-order valence-electron chi connectivity index (χ3n) is 5.05. The van der Waals surface area contributed by atoms with Gasteiger partial charge in [-0.25, -0.2) is 13.2 Å². The molecule has 6 nitrogen and oxygen atoms in total. The average molecular weight is 500 g/mol. The van der Waals surface area contributed by atoms with Gasteiger partial charge in [0.2, 0.25) is 5.91 Å². The minimum atomic E-state index is -1.74. The molecule has 1 aliphatic rings. The van der Waals surface area contributed by atoms with E-state index in [0.29, 0.717) is 34.0 Å². The van der Waals surface area contributed by atoms with Crippen LogP contribution in [0.25, 0.3) is 16.8 Å². The Hall–Kier alpha value is -3.79. The third-order valence-corrected chi connectivity index (χ3v) is 5.96. The number of benzene rings is 3. The van der Waals surface area contributed by atoms with Crippen molar-refractivity contribution in [3.63, 3.8) is 0 Å². The summed E-state index contributed by atoms with van der Waals surface area (Å²) in [6.07, 6.45) is 1.40. The highest BCUT2D eigenvalue weighted by molar-refractivity contribution is 8.18. The van der Waals surface area contributed by atoms with Crippen molar-refractivity contribution in [2.24, 2.45) is 0 Å². The summed E-state index contributed by atoms with van der Waals surface area (Å²) in [4.78, 5) is 38.6. The number of halogens is 3. The smallest absolute Gasteiger partial charge is 0.294 e. The van der Waals surface area contributed by atoms with Crippen LogP contribution in [-0.2, 0) is 9.59 Å². The lowest BCUT2D eigenvalue weighted by atomic mass is 10.0. The second-order valence-corrected chi connectivity index (χ2v) is 8.90. The first kappa shape index (κ1) is 24.3. The second-order valence-electron chi connectivity index (χ2n) is 7.90. The van der Waals surface area contributed by atoms with E-state index >= 15 is 0 Å². The van der Waals surface area contributed by atoms with Crippen LogP contribution in [0.15, 0.2) is 53.4 Å². The summed E-state index contributed by atoms with van der Waals surface area (Å²) in [5.41, 5.74) is -0.00162. The van der Waals surface area contributed by atoms with Gasteiger partial charge in [0.25, 0.3) is 11.1 Å². The Morgan fingerprint density at radius 2 is 1.80 bits per heavy atom. The molecule has 1 fully saturated rings. The standard InChI is InChI=1S/C25H19F3N2O4S/c1-13(2)34-19-10-7-14-5-3-4-6-15(14)16(19)11-20-24(32)30(25(33)35-20)12-21(31)29-18-9-8-17(26)22(27)23(18)28/h3-11,13H,12H2,1-2H3,(H,29,31)/b20-11+. The average Bonchev–Trinajstić information content (AvgIpc) is 3.08. The zero-order valence-corrected chi connectivity index (χ0v) is 19.4. The Kier molecular flexibility index (Phi) is 6.83. The van der Waals surface area contributed by atoms with Gasteiger partial charge in [-0.2, -0.15) is 0 Å². The molecule has 35 heavy (non-hydrogen) atoms. The molecular weight excluding hydrogens is 481 g/mol. The van der Waals surface area contributed by atoms with E-state index in [4.69, 9.17) is 4.74 Å². The van der Waals surface area contributed by atoms with E-state index in [9.17, 15) is 27.6 Å². The maximum atomic E-state index is 13.8.